The zero-order chi connectivity index (χ0) is 20.3. The van der Waals surface area contributed by atoms with Crippen LogP contribution in [0.2, 0.25) is 10.0 Å². The quantitative estimate of drug-likeness (QED) is 0.347. The van der Waals surface area contributed by atoms with Crippen LogP contribution in [0.3, 0.4) is 0 Å². The predicted octanol–water partition coefficient (Wildman–Crippen LogP) is 6.82. The Hall–Kier alpha value is -0.580. The first kappa shape index (κ1) is 22.1. The second-order valence-corrected chi connectivity index (χ2v) is 10.3. The van der Waals surface area contributed by atoms with E-state index in [1.54, 1.807) is 24.3 Å². The van der Waals surface area contributed by atoms with Crippen LogP contribution in [0.25, 0.3) is 0 Å². The number of carbonyl (C=O) groups is 1. The van der Waals surface area contributed by atoms with Gasteiger partial charge in [-0.3, -0.25) is 4.79 Å². The zero-order valence-corrected chi connectivity index (χ0v) is 18.9. The van der Waals surface area contributed by atoms with Crippen LogP contribution < -0.4 is 0 Å². The summed E-state index contributed by atoms with van der Waals surface area (Å²) in [6.45, 7) is 1.60. The van der Waals surface area contributed by atoms with Crippen LogP contribution in [0.15, 0.2) is 30.3 Å². The molecule has 0 aliphatic heterocycles. The summed E-state index contributed by atoms with van der Waals surface area (Å²) in [4.78, 5) is 13.5. The van der Waals surface area contributed by atoms with E-state index in [-0.39, 0.29) is 23.2 Å². The van der Waals surface area contributed by atoms with Crippen LogP contribution in [0, 0.1) is 11.8 Å². The molecule has 4 atom stereocenters. The predicted molar refractivity (Wildman–Crippen MR) is 119 cm³/mol. The number of hydrogen-bond donors (Lipinski definition) is 1. The molecule has 4 unspecified atom stereocenters. The van der Waals surface area contributed by atoms with E-state index < -0.39 is 0 Å². The van der Waals surface area contributed by atoms with E-state index in [2.05, 4.69) is 0 Å². The van der Waals surface area contributed by atoms with Gasteiger partial charge >= 0.3 is 0 Å². The number of aryl methyl sites for hydroxylation is 2. The van der Waals surface area contributed by atoms with Gasteiger partial charge in [0.25, 0.3) is 0 Å². The maximum atomic E-state index is 11.4. The van der Waals surface area contributed by atoms with Crippen molar-refractivity contribution in [3.05, 3.63) is 55.7 Å². The fourth-order valence-corrected chi connectivity index (χ4v) is 6.25. The maximum absolute atomic E-state index is 11.4. The molecule has 1 aromatic heterocycles. The van der Waals surface area contributed by atoms with Crippen molar-refractivity contribution in [1.29, 1.82) is 0 Å². The van der Waals surface area contributed by atoms with Gasteiger partial charge in [0.2, 0.25) is 0 Å². The second-order valence-electron chi connectivity index (χ2n) is 7.68. The molecule has 152 valence electrons. The zero-order valence-electron chi connectivity index (χ0n) is 15.8. The van der Waals surface area contributed by atoms with E-state index >= 15 is 0 Å². The summed E-state index contributed by atoms with van der Waals surface area (Å²) in [5.74, 6) is 0.618. The normalized spacial score (nSPS) is 24.6. The Morgan fingerprint density at radius 3 is 2.46 bits per heavy atom. The summed E-state index contributed by atoms with van der Waals surface area (Å²) in [5.41, 5.74) is 1.09. The molecule has 0 saturated heterocycles. The topological polar surface area (TPSA) is 37.3 Å². The van der Waals surface area contributed by atoms with Gasteiger partial charge in [0.05, 0.1) is 11.0 Å². The molecule has 1 aliphatic rings. The third kappa shape index (κ3) is 5.73. The van der Waals surface area contributed by atoms with Gasteiger partial charge in [-0.25, -0.2) is 0 Å². The van der Waals surface area contributed by atoms with Gasteiger partial charge in [-0.2, -0.15) is 0 Å². The standard InChI is InChI=1S/C22H25Cl3O2S/c1-13(26)22-8-6-17(28-22)3-2-4-18-19(21(27)12-20(18)25)7-5-14-9-15(23)11-16(24)10-14/h6,8-11,18-21,27H,2-5,7,12H2,1H3. The number of rotatable bonds is 8. The lowest BCUT2D eigenvalue weighted by Crippen LogP contribution is -2.21. The Labute approximate surface area is 185 Å². The van der Waals surface area contributed by atoms with Gasteiger partial charge in [0.15, 0.2) is 5.78 Å². The van der Waals surface area contributed by atoms with Crippen molar-refractivity contribution in [3.63, 3.8) is 0 Å². The summed E-state index contributed by atoms with van der Waals surface area (Å²) in [6, 6.07) is 9.56. The second kappa shape index (κ2) is 9.95. The summed E-state index contributed by atoms with van der Waals surface area (Å²) in [7, 11) is 0. The number of hydrogen-bond acceptors (Lipinski definition) is 3. The largest absolute Gasteiger partial charge is 0.393 e. The SMILES string of the molecule is CC(=O)c1ccc(CCCC2C(Cl)CC(O)C2CCc2cc(Cl)cc(Cl)c2)s1. The third-order valence-electron chi connectivity index (χ3n) is 5.63. The number of carbonyl (C=O) groups excluding carboxylic acids is 1. The minimum absolute atomic E-state index is 0.0130. The van der Waals surface area contributed by atoms with Gasteiger partial charge in [-0.05, 0) is 93.2 Å². The first-order chi connectivity index (χ1) is 13.3. The smallest absolute Gasteiger partial charge is 0.169 e. The lowest BCUT2D eigenvalue weighted by Gasteiger charge is -2.23. The molecular weight excluding hydrogens is 435 g/mol. The molecule has 0 spiro atoms. The maximum Gasteiger partial charge on any atom is 0.169 e. The van der Waals surface area contributed by atoms with Gasteiger partial charge in [-0.1, -0.05) is 23.2 Å². The molecule has 1 aliphatic carbocycles. The lowest BCUT2D eigenvalue weighted by atomic mass is 9.85. The molecule has 1 aromatic carbocycles. The highest BCUT2D eigenvalue weighted by molar-refractivity contribution is 7.14. The molecule has 28 heavy (non-hydrogen) atoms. The molecule has 1 N–H and O–H groups in total. The minimum atomic E-state index is -0.354. The summed E-state index contributed by atoms with van der Waals surface area (Å²) < 4.78 is 0. The van der Waals surface area contributed by atoms with Crippen molar-refractivity contribution in [1.82, 2.24) is 0 Å². The number of halogens is 3. The molecule has 2 nitrogen and oxygen atoms in total. The summed E-state index contributed by atoms with van der Waals surface area (Å²) in [6.07, 6.45) is 4.95. The van der Waals surface area contributed by atoms with Crippen LogP contribution in [0.4, 0.5) is 0 Å². The van der Waals surface area contributed by atoms with Crippen LogP contribution in [0.1, 0.15) is 52.7 Å². The molecule has 1 saturated carbocycles. The monoisotopic (exact) mass is 458 g/mol. The number of aliphatic hydroxyl groups excluding tert-OH is 1. The minimum Gasteiger partial charge on any atom is -0.393 e. The van der Waals surface area contributed by atoms with E-state index in [9.17, 15) is 9.90 Å². The summed E-state index contributed by atoms with van der Waals surface area (Å²) >= 11 is 20.4. The Balaban J connectivity index is 1.56. The molecule has 0 bridgehead atoms. The van der Waals surface area contributed by atoms with E-state index in [1.165, 1.54) is 4.88 Å². The fourth-order valence-electron chi connectivity index (χ4n) is 4.24. The fraction of sp³-hybridized carbons (Fsp3) is 0.500. The number of alkyl halides is 1. The first-order valence-electron chi connectivity index (χ1n) is 9.70. The molecule has 0 radical (unpaired) electrons. The van der Waals surface area contributed by atoms with Gasteiger partial charge in [0.1, 0.15) is 0 Å². The highest BCUT2D eigenvalue weighted by atomic mass is 35.5. The molecule has 2 aromatic rings. The van der Waals surface area contributed by atoms with E-state index in [0.29, 0.717) is 22.4 Å². The molecule has 3 rings (SSSR count). The van der Waals surface area contributed by atoms with Crippen LogP contribution in [-0.4, -0.2) is 22.4 Å². The van der Waals surface area contributed by atoms with Crippen molar-refractivity contribution in [2.75, 3.05) is 0 Å². The molecular formula is C22H25Cl3O2S. The highest BCUT2D eigenvalue weighted by Gasteiger charge is 2.40. The van der Waals surface area contributed by atoms with E-state index in [4.69, 9.17) is 34.8 Å². The Kier molecular flexibility index (Phi) is 7.86. The van der Waals surface area contributed by atoms with Gasteiger partial charge < -0.3 is 5.11 Å². The average molecular weight is 460 g/mol. The molecule has 6 heteroatoms. The third-order valence-corrected chi connectivity index (χ3v) is 7.82. The number of aliphatic hydroxyl groups is 1. The Bertz CT molecular complexity index is 800. The molecule has 1 fully saturated rings. The number of Topliss-reactive ketones (excluding diaryl/α,β-unsaturated/α-hetero) is 1. The number of ketones is 1. The van der Waals surface area contributed by atoms with Crippen molar-refractivity contribution in [3.8, 4) is 0 Å². The first-order valence-corrected chi connectivity index (χ1v) is 11.7. The molecule has 0 amide bonds. The highest BCUT2D eigenvalue weighted by Crippen LogP contribution is 2.42. The van der Waals surface area contributed by atoms with Crippen LogP contribution in [-0.2, 0) is 12.8 Å². The van der Waals surface area contributed by atoms with Crippen LogP contribution >= 0.6 is 46.1 Å². The lowest BCUT2D eigenvalue weighted by molar-refractivity contribution is 0.102. The Morgan fingerprint density at radius 1 is 1.11 bits per heavy atom. The van der Waals surface area contributed by atoms with Crippen molar-refractivity contribution in [2.45, 2.75) is 56.9 Å². The Morgan fingerprint density at radius 2 is 1.82 bits per heavy atom. The van der Waals surface area contributed by atoms with Crippen molar-refractivity contribution in [2.24, 2.45) is 11.8 Å². The van der Waals surface area contributed by atoms with Crippen LogP contribution in [0.5, 0.6) is 0 Å². The molecule has 1 heterocycles. The number of thiophene rings is 1. The number of benzene rings is 1. The van der Waals surface area contributed by atoms with E-state index in [1.807, 2.05) is 24.3 Å². The average Bonchev–Trinajstić information content (AvgIpc) is 3.18. The van der Waals surface area contributed by atoms with Crippen molar-refractivity contribution < 1.29 is 9.90 Å². The van der Waals surface area contributed by atoms with Gasteiger partial charge in [-0.15, -0.1) is 22.9 Å². The van der Waals surface area contributed by atoms with Gasteiger partial charge in [0, 0.05) is 20.3 Å². The van der Waals surface area contributed by atoms with E-state index in [0.717, 1.165) is 42.5 Å². The summed E-state index contributed by atoms with van der Waals surface area (Å²) in [5, 5.41) is 11.8. The van der Waals surface area contributed by atoms with Crippen molar-refractivity contribution >= 4 is 51.9 Å².